The van der Waals surface area contributed by atoms with E-state index in [1.54, 1.807) is 20.2 Å². The molecule has 0 radical (unpaired) electrons. The van der Waals surface area contributed by atoms with Gasteiger partial charge in [-0.25, -0.2) is 14.8 Å². The summed E-state index contributed by atoms with van der Waals surface area (Å²) in [7, 11) is 4.73. The number of aromatic nitrogens is 4. The van der Waals surface area contributed by atoms with Gasteiger partial charge in [0.1, 0.15) is 18.0 Å². The van der Waals surface area contributed by atoms with Crippen LogP contribution in [0.25, 0.3) is 0 Å². The molecular formula is C15H20N6O3. The van der Waals surface area contributed by atoms with Crippen LogP contribution in [0.5, 0.6) is 5.88 Å². The van der Waals surface area contributed by atoms with Crippen molar-refractivity contribution in [3.05, 3.63) is 39.3 Å². The molecular weight excluding hydrogens is 312 g/mol. The van der Waals surface area contributed by atoms with Gasteiger partial charge in [0.25, 0.3) is 5.56 Å². The van der Waals surface area contributed by atoms with Crippen molar-refractivity contribution in [3.63, 3.8) is 0 Å². The fraction of sp³-hybridized carbons (Fsp3) is 0.467. The predicted octanol–water partition coefficient (Wildman–Crippen LogP) is -0.791. The number of rotatable bonds is 3. The van der Waals surface area contributed by atoms with Crippen LogP contribution >= 0.6 is 0 Å². The molecule has 0 amide bonds. The van der Waals surface area contributed by atoms with Gasteiger partial charge in [0, 0.05) is 52.4 Å². The molecule has 1 fully saturated rings. The van der Waals surface area contributed by atoms with E-state index in [0.29, 0.717) is 24.8 Å². The molecule has 2 aromatic rings. The highest BCUT2D eigenvalue weighted by atomic mass is 16.5. The van der Waals surface area contributed by atoms with Gasteiger partial charge in [0.2, 0.25) is 5.88 Å². The predicted molar refractivity (Wildman–Crippen MR) is 89.9 cm³/mol. The smallest absolute Gasteiger partial charge is 0.332 e. The minimum Gasteiger partial charge on any atom is -0.481 e. The molecule has 0 unspecified atom stereocenters. The third kappa shape index (κ3) is 2.84. The third-order valence-electron chi connectivity index (χ3n) is 4.27. The average Bonchev–Trinajstić information content (AvgIpc) is 2.63. The molecule has 1 aliphatic rings. The Bertz CT molecular complexity index is 851. The number of hydrogen-bond acceptors (Lipinski definition) is 7. The van der Waals surface area contributed by atoms with E-state index < -0.39 is 0 Å². The first-order valence-corrected chi connectivity index (χ1v) is 7.64. The summed E-state index contributed by atoms with van der Waals surface area (Å²) in [4.78, 5) is 36.4. The lowest BCUT2D eigenvalue weighted by molar-refractivity contribution is 0.396. The van der Waals surface area contributed by atoms with Gasteiger partial charge in [-0.1, -0.05) is 0 Å². The number of nitrogens with zero attached hydrogens (tertiary/aromatic N) is 6. The molecule has 0 atom stereocenters. The molecule has 0 bridgehead atoms. The maximum atomic E-state index is 12.1. The largest absolute Gasteiger partial charge is 0.481 e. The molecule has 24 heavy (non-hydrogen) atoms. The van der Waals surface area contributed by atoms with Crippen LogP contribution < -0.4 is 25.8 Å². The van der Waals surface area contributed by atoms with Crippen LogP contribution in [0.1, 0.15) is 0 Å². The van der Waals surface area contributed by atoms with Crippen molar-refractivity contribution in [1.82, 2.24) is 19.1 Å². The summed E-state index contributed by atoms with van der Waals surface area (Å²) in [5, 5.41) is 0. The Labute approximate surface area is 138 Å². The molecule has 0 aliphatic carbocycles. The van der Waals surface area contributed by atoms with E-state index in [-0.39, 0.29) is 11.2 Å². The van der Waals surface area contributed by atoms with E-state index in [2.05, 4.69) is 14.9 Å². The van der Waals surface area contributed by atoms with Crippen molar-refractivity contribution in [1.29, 1.82) is 0 Å². The standard InChI is InChI=1S/C15H20N6O3/c1-18-13(9-14(22)19(2)15(18)23)21-6-4-20(5-7-21)11-8-12(24-3)17-10-16-11/h8-10H,4-7H2,1-3H3. The van der Waals surface area contributed by atoms with Crippen LogP contribution in [-0.2, 0) is 14.1 Å². The second-order valence-corrected chi connectivity index (χ2v) is 5.63. The molecule has 0 spiro atoms. The quantitative estimate of drug-likeness (QED) is 0.728. The lowest BCUT2D eigenvalue weighted by Gasteiger charge is -2.37. The van der Waals surface area contributed by atoms with Gasteiger partial charge >= 0.3 is 5.69 Å². The first-order chi connectivity index (χ1) is 11.5. The normalized spacial score (nSPS) is 14.8. The minimum atomic E-state index is -0.319. The van der Waals surface area contributed by atoms with E-state index in [4.69, 9.17) is 4.74 Å². The zero-order chi connectivity index (χ0) is 17.3. The van der Waals surface area contributed by atoms with Crippen LogP contribution in [0.15, 0.2) is 28.0 Å². The first kappa shape index (κ1) is 16.0. The fourth-order valence-electron chi connectivity index (χ4n) is 2.80. The zero-order valence-corrected chi connectivity index (χ0v) is 14.0. The van der Waals surface area contributed by atoms with Crippen molar-refractivity contribution in [2.24, 2.45) is 14.1 Å². The molecule has 0 aromatic carbocycles. The molecule has 3 heterocycles. The summed E-state index contributed by atoms with van der Waals surface area (Å²) in [6, 6.07) is 3.30. The zero-order valence-electron chi connectivity index (χ0n) is 14.0. The van der Waals surface area contributed by atoms with Crippen LogP contribution in [0, 0.1) is 0 Å². The Hall–Kier alpha value is -2.84. The lowest BCUT2D eigenvalue weighted by Crippen LogP contribution is -2.49. The fourth-order valence-corrected chi connectivity index (χ4v) is 2.80. The summed E-state index contributed by atoms with van der Waals surface area (Å²) < 4.78 is 7.73. The monoisotopic (exact) mass is 332 g/mol. The maximum Gasteiger partial charge on any atom is 0.332 e. The van der Waals surface area contributed by atoms with Gasteiger partial charge in [-0.15, -0.1) is 0 Å². The lowest BCUT2D eigenvalue weighted by atomic mass is 10.3. The SMILES string of the molecule is COc1cc(N2CCN(c3cc(=O)n(C)c(=O)n3C)CC2)ncn1. The number of hydrogen-bond donors (Lipinski definition) is 0. The van der Waals surface area contributed by atoms with Gasteiger partial charge in [-0.2, -0.15) is 0 Å². The van der Waals surface area contributed by atoms with E-state index in [0.717, 1.165) is 23.5 Å². The highest BCUT2D eigenvalue weighted by Crippen LogP contribution is 2.19. The maximum absolute atomic E-state index is 12.1. The van der Waals surface area contributed by atoms with Crippen LogP contribution in [-0.4, -0.2) is 52.4 Å². The molecule has 3 rings (SSSR count). The topological polar surface area (TPSA) is 85.5 Å². The van der Waals surface area contributed by atoms with Gasteiger partial charge in [-0.05, 0) is 0 Å². The first-order valence-electron chi connectivity index (χ1n) is 7.64. The van der Waals surface area contributed by atoms with E-state index in [9.17, 15) is 9.59 Å². The average molecular weight is 332 g/mol. The summed E-state index contributed by atoms with van der Waals surface area (Å²) >= 11 is 0. The van der Waals surface area contributed by atoms with Crippen molar-refractivity contribution >= 4 is 11.6 Å². The molecule has 9 heteroatoms. The van der Waals surface area contributed by atoms with Crippen LogP contribution in [0.2, 0.25) is 0 Å². The van der Waals surface area contributed by atoms with Crippen molar-refractivity contribution in [3.8, 4) is 5.88 Å². The van der Waals surface area contributed by atoms with Gasteiger partial charge in [0.15, 0.2) is 0 Å². The van der Waals surface area contributed by atoms with Crippen LogP contribution in [0.4, 0.5) is 11.6 Å². The highest BCUT2D eigenvalue weighted by molar-refractivity contribution is 5.45. The Balaban J connectivity index is 1.78. The summed E-state index contributed by atoms with van der Waals surface area (Å²) in [6.07, 6.45) is 1.48. The summed E-state index contributed by atoms with van der Waals surface area (Å²) in [5.74, 6) is 1.97. The highest BCUT2D eigenvalue weighted by Gasteiger charge is 2.21. The Morgan fingerprint density at radius 2 is 1.62 bits per heavy atom. The molecule has 128 valence electrons. The van der Waals surface area contributed by atoms with E-state index in [1.807, 2.05) is 4.90 Å². The Morgan fingerprint density at radius 1 is 0.958 bits per heavy atom. The molecule has 1 aliphatic heterocycles. The van der Waals surface area contributed by atoms with Crippen LogP contribution in [0.3, 0.4) is 0 Å². The Kier molecular flexibility index (Phi) is 4.24. The molecule has 1 saturated heterocycles. The summed E-state index contributed by atoms with van der Waals surface area (Å²) in [6.45, 7) is 2.83. The van der Waals surface area contributed by atoms with Gasteiger partial charge < -0.3 is 14.5 Å². The molecule has 0 saturated carbocycles. The number of anilines is 2. The molecule has 0 N–H and O–H groups in total. The summed E-state index contributed by atoms with van der Waals surface area (Å²) in [5.41, 5.74) is -0.614. The number of ether oxygens (including phenoxy) is 1. The van der Waals surface area contributed by atoms with Gasteiger partial charge in [-0.3, -0.25) is 13.9 Å². The second kappa shape index (κ2) is 6.34. The van der Waals surface area contributed by atoms with E-state index >= 15 is 0 Å². The number of piperazine rings is 1. The van der Waals surface area contributed by atoms with Crippen molar-refractivity contribution in [2.45, 2.75) is 0 Å². The molecule has 2 aromatic heterocycles. The second-order valence-electron chi connectivity index (χ2n) is 5.63. The Morgan fingerprint density at radius 3 is 2.29 bits per heavy atom. The van der Waals surface area contributed by atoms with Crippen molar-refractivity contribution < 1.29 is 4.74 Å². The van der Waals surface area contributed by atoms with Crippen molar-refractivity contribution in [2.75, 3.05) is 43.1 Å². The van der Waals surface area contributed by atoms with E-state index in [1.165, 1.54) is 24.0 Å². The van der Waals surface area contributed by atoms with Gasteiger partial charge in [0.05, 0.1) is 7.11 Å². The number of methoxy groups -OCH3 is 1. The third-order valence-corrected chi connectivity index (χ3v) is 4.27. The minimum absolute atomic E-state index is 0.295. The molecule has 9 nitrogen and oxygen atoms in total.